The summed E-state index contributed by atoms with van der Waals surface area (Å²) in [6, 6.07) is -0.520. The van der Waals surface area contributed by atoms with Crippen LogP contribution in [-0.2, 0) is 9.47 Å². The summed E-state index contributed by atoms with van der Waals surface area (Å²) in [4.78, 5) is 27.0. The summed E-state index contributed by atoms with van der Waals surface area (Å²) >= 11 is 7.14. The first-order valence-electron chi connectivity index (χ1n) is 11.2. The largest absolute Gasteiger partial charge is 0.493 e. The number of hydrogen-bond acceptors (Lipinski definition) is 10. The van der Waals surface area contributed by atoms with Crippen molar-refractivity contribution in [3.8, 4) is 11.8 Å². The molecule has 1 amide bonds. The molecule has 0 unspecified atom stereocenters. The lowest BCUT2D eigenvalue weighted by Gasteiger charge is -2.47. The van der Waals surface area contributed by atoms with Gasteiger partial charge in [0.05, 0.1) is 24.2 Å². The van der Waals surface area contributed by atoms with Crippen molar-refractivity contribution >= 4 is 40.4 Å². The first-order valence-corrected chi connectivity index (χ1v) is 12.8. The summed E-state index contributed by atoms with van der Waals surface area (Å²) in [5.74, 6) is -1.41. The minimum atomic E-state index is -0.867. The van der Waals surface area contributed by atoms with Crippen molar-refractivity contribution in [1.82, 2.24) is 25.2 Å². The molecule has 2 aliphatic rings. The van der Waals surface area contributed by atoms with Crippen molar-refractivity contribution in [2.45, 2.75) is 62.0 Å². The molecule has 13 heteroatoms. The number of fused-ring (bicyclic) bond motifs is 3. The van der Waals surface area contributed by atoms with Gasteiger partial charge in [0, 0.05) is 13.7 Å². The summed E-state index contributed by atoms with van der Waals surface area (Å²) in [7, 11) is 1.61. The van der Waals surface area contributed by atoms with E-state index in [0.29, 0.717) is 19.6 Å². The first kappa shape index (κ1) is 25.9. The van der Waals surface area contributed by atoms with Gasteiger partial charge in [0.1, 0.15) is 23.1 Å². The SMILES string of the molecule is COC[C@@]12CC[C@@H]([C@@H](COc3nc(Cl)c(F)c4nc(SC)nc(O)c34)NC1)N2C(=O)OC(C)(C)C. The number of hydrogen-bond donors (Lipinski definition) is 2. The van der Waals surface area contributed by atoms with Gasteiger partial charge in [-0.25, -0.2) is 14.2 Å². The van der Waals surface area contributed by atoms with E-state index in [4.69, 9.17) is 25.8 Å². The average molecular weight is 530 g/mol. The fraction of sp³-hybridized carbons (Fsp3) is 0.636. The number of methoxy groups -OCH3 is 1. The lowest BCUT2D eigenvalue weighted by atomic mass is 9.96. The zero-order valence-corrected chi connectivity index (χ0v) is 21.8. The molecule has 35 heavy (non-hydrogen) atoms. The van der Waals surface area contributed by atoms with Crippen LogP contribution in [0.2, 0.25) is 5.15 Å². The van der Waals surface area contributed by atoms with Crippen molar-refractivity contribution in [3.63, 3.8) is 0 Å². The molecular weight excluding hydrogens is 501 g/mol. The Morgan fingerprint density at radius 2 is 2.11 bits per heavy atom. The number of halogens is 2. The second kappa shape index (κ2) is 9.72. The number of ether oxygens (including phenoxy) is 3. The van der Waals surface area contributed by atoms with Crippen molar-refractivity contribution in [2.24, 2.45) is 0 Å². The average Bonchev–Trinajstić information content (AvgIpc) is 3.05. The maximum absolute atomic E-state index is 14.6. The Balaban J connectivity index is 1.61. The minimum Gasteiger partial charge on any atom is -0.493 e. The lowest BCUT2D eigenvalue weighted by Crippen LogP contribution is -2.69. The van der Waals surface area contributed by atoms with E-state index in [0.717, 1.165) is 18.2 Å². The highest BCUT2D eigenvalue weighted by Crippen LogP contribution is 2.41. The van der Waals surface area contributed by atoms with Crippen LogP contribution in [0, 0.1) is 5.82 Å². The van der Waals surface area contributed by atoms with Crippen LogP contribution in [0.1, 0.15) is 33.6 Å². The normalized spacial score (nSPS) is 24.1. The van der Waals surface area contributed by atoms with E-state index in [1.54, 1.807) is 18.3 Å². The molecule has 4 rings (SSSR count). The van der Waals surface area contributed by atoms with Crippen LogP contribution in [0.3, 0.4) is 0 Å². The molecule has 2 fully saturated rings. The highest BCUT2D eigenvalue weighted by atomic mass is 35.5. The monoisotopic (exact) mass is 529 g/mol. The minimum absolute atomic E-state index is 0.0651. The van der Waals surface area contributed by atoms with Crippen molar-refractivity contribution in [2.75, 3.05) is 33.1 Å². The maximum atomic E-state index is 14.6. The number of amides is 1. The predicted molar refractivity (Wildman–Crippen MR) is 129 cm³/mol. The lowest BCUT2D eigenvalue weighted by molar-refractivity contribution is -0.0425. The van der Waals surface area contributed by atoms with E-state index >= 15 is 0 Å². The number of nitrogens with one attached hydrogen (secondary N) is 1. The van der Waals surface area contributed by atoms with Crippen molar-refractivity contribution in [1.29, 1.82) is 0 Å². The Kier molecular flexibility index (Phi) is 7.20. The molecule has 0 aromatic carbocycles. The standard InChI is InChI=1S/C22H29ClFN5O5S/c1-21(2,3)34-20(31)29-12-6-7-22(29,10-32-4)9-25-11(12)8-33-18-13-15(14(24)16(23)27-18)26-19(35-5)28-17(13)30/h11-12,25H,6-10H2,1-5H3,(H,26,28,30)/t11-,12+,22-/m1/s1. The quantitative estimate of drug-likeness (QED) is 0.327. The second-order valence-corrected chi connectivity index (χ2v) is 10.8. The van der Waals surface area contributed by atoms with Gasteiger partial charge in [-0.3, -0.25) is 4.90 Å². The van der Waals surface area contributed by atoms with Gasteiger partial charge in [-0.1, -0.05) is 23.4 Å². The fourth-order valence-electron chi connectivity index (χ4n) is 4.74. The molecule has 0 spiro atoms. The Morgan fingerprint density at radius 3 is 2.77 bits per heavy atom. The maximum Gasteiger partial charge on any atom is 0.411 e. The number of aromatic nitrogens is 3. The number of carbonyl (C=O) groups excluding carboxylic acids is 1. The van der Waals surface area contributed by atoms with E-state index in [1.807, 2.05) is 20.8 Å². The molecule has 192 valence electrons. The highest BCUT2D eigenvalue weighted by Gasteiger charge is 2.56. The third-order valence-electron chi connectivity index (χ3n) is 6.16. The van der Waals surface area contributed by atoms with Gasteiger partial charge in [0.15, 0.2) is 16.1 Å². The Bertz CT molecular complexity index is 1140. The van der Waals surface area contributed by atoms with Crippen molar-refractivity contribution < 1.29 is 28.5 Å². The van der Waals surface area contributed by atoms with Crippen LogP contribution in [0.5, 0.6) is 11.8 Å². The Morgan fingerprint density at radius 1 is 1.37 bits per heavy atom. The molecular formula is C22H29ClFN5O5S. The molecule has 2 aromatic rings. The number of carbonyl (C=O) groups is 1. The Hall–Kier alpha value is -2.15. The number of pyridine rings is 1. The highest BCUT2D eigenvalue weighted by molar-refractivity contribution is 7.98. The van der Waals surface area contributed by atoms with Crippen LogP contribution in [-0.4, -0.2) is 87.4 Å². The molecule has 2 aromatic heterocycles. The molecule has 3 atom stereocenters. The van der Waals surface area contributed by atoms with Gasteiger partial charge in [-0.2, -0.15) is 9.97 Å². The van der Waals surface area contributed by atoms with Gasteiger partial charge in [-0.05, 0) is 39.9 Å². The summed E-state index contributed by atoms with van der Waals surface area (Å²) in [5.41, 5.74) is -1.35. The molecule has 4 heterocycles. The molecule has 10 nitrogen and oxygen atoms in total. The van der Waals surface area contributed by atoms with E-state index in [-0.39, 0.29) is 40.6 Å². The van der Waals surface area contributed by atoms with E-state index in [1.165, 1.54) is 0 Å². The number of piperazine rings is 1. The summed E-state index contributed by atoms with van der Waals surface area (Å²) in [5, 5.41) is 13.6. The second-order valence-electron chi connectivity index (χ2n) is 9.69. The van der Waals surface area contributed by atoms with Gasteiger partial charge in [0.2, 0.25) is 11.8 Å². The molecule has 2 saturated heterocycles. The van der Waals surface area contributed by atoms with Crippen molar-refractivity contribution in [3.05, 3.63) is 11.0 Å². The summed E-state index contributed by atoms with van der Waals surface area (Å²) in [6.07, 6.45) is 2.75. The zero-order chi connectivity index (χ0) is 25.5. The zero-order valence-electron chi connectivity index (χ0n) is 20.2. The smallest absolute Gasteiger partial charge is 0.411 e. The van der Waals surface area contributed by atoms with Crippen LogP contribution < -0.4 is 10.1 Å². The molecule has 0 aliphatic carbocycles. The number of thioether (sulfide) groups is 1. The predicted octanol–water partition coefficient (Wildman–Crippen LogP) is 3.38. The van der Waals surface area contributed by atoms with Crippen LogP contribution >= 0.6 is 23.4 Å². The van der Waals surface area contributed by atoms with E-state index in [2.05, 4.69) is 20.3 Å². The summed E-state index contributed by atoms with van der Waals surface area (Å²) < 4.78 is 31.7. The van der Waals surface area contributed by atoms with E-state index in [9.17, 15) is 14.3 Å². The molecule has 0 radical (unpaired) electrons. The number of aromatic hydroxyl groups is 1. The third kappa shape index (κ3) is 4.93. The van der Waals surface area contributed by atoms with Gasteiger partial charge in [0.25, 0.3) is 0 Å². The van der Waals surface area contributed by atoms with Crippen LogP contribution in [0.4, 0.5) is 9.18 Å². The molecule has 2 bridgehead atoms. The van der Waals surface area contributed by atoms with Crippen LogP contribution in [0.25, 0.3) is 10.9 Å². The van der Waals surface area contributed by atoms with Gasteiger partial charge in [-0.15, -0.1) is 0 Å². The van der Waals surface area contributed by atoms with Crippen LogP contribution in [0.15, 0.2) is 5.16 Å². The molecule has 2 N–H and O–H groups in total. The summed E-state index contributed by atoms with van der Waals surface area (Å²) in [6.45, 7) is 6.39. The van der Waals surface area contributed by atoms with Gasteiger partial charge >= 0.3 is 6.09 Å². The van der Waals surface area contributed by atoms with Gasteiger partial charge < -0.3 is 24.6 Å². The third-order valence-corrected chi connectivity index (χ3v) is 6.96. The Labute approximate surface area is 211 Å². The van der Waals surface area contributed by atoms with E-state index < -0.39 is 34.1 Å². The number of rotatable bonds is 6. The first-order chi connectivity index (χ1) is 16.5. The topological polar surface area (TPSA) is 119 Å². The molecule has 2 aliphatic heterocycles. The molecule has 0 saturated carbocycles. The number of nitrogens with zero attached hydrogens (tertiary/aromatic N) is 4. The fourth-order valence-corrected chi connectivity index (χ4v) is 5.27.